The molecule has 1 aliphatic heterocycles. The number of azide groups is 1. The predicted octanol–water partition coefficient (Wildman–Crippen LogP) is 2.09. The van der Waals surface area contributed by atoms with Crippen molar-refractivity contribution in [3.63, 3.8) is 0 Å². The smallest absolute Gasteiger partial charge is 0.372 e. The van der Waals surface area contributed by atoms with Crippen LogP contribution in [-0.2, 0) is 42.9 Å². The molecule has 1 saturated carbocycles. The average molecular weight is 511 g/mol. The van der Waals surface area contributed by atoms with Crippen molar-refractivity contribution >= 4 is 23.8 Å². The lowest BCUT2D eigenvalue weighted by Gasteiger charge is -2.41. The molecule has 1 fully saturated rings. The molecule has 2 rings (SSSR count). The molecule has 0 radical (unpaired) electrons. The lowest BCUT2D eigenvalue weighted by Crippen LogP contribution is -2.61. The summed E-state index contributed by atoms with van der Waals surface area (Å²) in [5.41, 5.74) is 9.13. The van der Waals surface area contributed by atoms with E-state index in [0.717, 1.165) is 39.2 Å². The summed E-state index contributed by atoms with van der Waals surface area (Å²) in [5, 5.41) is 6.40. The second kappa shape index (κ2) is 14.3. The van der Waals surface area contributed by atoms with Gasteiger partial charge in [-0.25, -0.2) is 4.79 Å². The van der Waals surface area contributed by atoms with E-state index < -0.39 is 54.2 Å². The second-order valence-electron chi connectivity index (χ2n) is 8.78. The van der Waals surface area contributed by atoms with Crippen molar-refractivity contribution in [2.45, 2.75) is 83.3 Å². The number of amides is 1. The van der Waals surface area contributed by atoms with Crippen LogP contribution in [0.3, 0.4) is 0 Å². The highest BCUT2D eigenvalue weighted by Crippen LogP contribution is 2.30. The van der Waals surface area contributed by atoms with Crippen LogP contribution in [0.2, 0.25) is 0 Å². The Kier molecular flexibility index (Phi) is 11.5. The van der Waals surface area contributed by atoms with Gasteiger partial charge in [-0.05, 0) is 30.4 Å². The first kappa shape index (κ1) is 28.9. The highest BCUT2D eigenvalue weighted by Gasteiger charge is 2.46. The molecule has 0 bridgehead atoms. The lowest BCUT2D eigenvalue weighted by molar-refractivity contribution is -0.184. The van der Waals surface area contributed by atoms with Crippen LogP contribution in [0.15, 0.2) is 16.9 Å². The monoisotopic (exact) mass is 510 g/mol. The summed E-state index contributed by atoms with van der Waals surface area (Å²) in [7, 11) is 1.16. The number of carbonyl (C=O) groups excluding carboxylic acids is 4. The van der Waals surface area contributed by atoms with E-state index in [1.54, 1.807) is 0 Å². The van der Waals surface area contributed by atoms with Gasteiger partial charge in [0.05, 0.1) is 25.8 Å². The van der Waals surface area contributed by atoms with Crippen molar-refractivity contribution < 1.29 is 42.9 Å². The van der Waals surface area contributed by atoms with E-state index in [4.69, 9.17) is 29.2 Å². The van der Waals surface area contributed by atoms with Gasteiger partial charge >= 0.3 is 17.9 Å². The van der Waals surface area contributed by atoms with E-state index in [2.05, 4.69) is 15.3 Å². The van der Waals surface area contributed by atoms with Gasteiger partial charge in [-0.2, -0.15) is 0 Å². The van der Waals surface area contributed by atoms with Gasteiger partial charge in [0.2, 0.25) is 11.7 Å². The fourth-order valence-corrected chi connectivity index (χ4v) is 4.39. The fraction of sp³-hybridized carbons (Fsp3) is 0.739. The zero-order chi connectivity index (χ0) is 26.7. The number of hydrogen-bond donors (Lipinski definition) is 1. The first-order valence-electron chi connectivity index (χ1n) is 11.9. The third-order valence-corrected chi connectivity index (χ3v) is 5.96. The van der Waals surface area contributed by atoms with Crippen LogP contribution in [0.1, 0.15) is 52.9 Å². The summed E-state index contributed by atoms with van der Waals surface area (Å²) in [6, 6.07) is -2.06. The summed E-state index contributed by atoms with van der Waals surface area (Å²) in [6.45, 7) is 3.58. The molecule has 2 aliphatic rings. The number of esters is 3. The summed E-state index contributed by atoms with van der Waals surface area (Å²) in [5.74, 6) is -2.60. The van der Waals surface area contributed by atoms with Crippen LogP contribution in [-0.4, -0.2) is 74.5 Å². The molecule has 0 aromatic rings. The molecule has 1 aliphatic carbocycles. The van der Waals surface area contributed by atoms with Crippen molar-refractivity contribution in [3.05, 3.63) is 22.3 Å². The van der Waals surface area contributed by atoms with Crippen LogP contribution in [0.5, 0.6) is 0 Å². The van der Waals surface area contributed by atoms with Gasteiger partial charge < -0.3 is 29.0 Å². The van der Waals surface area contributed by atoms with E-state index >= 15 is 0 Å². The van der Waals surface area contributed by atoms with Crippen molar-refractivity contribution in [2.75, 3.05) is 20.3 Å². The standard InChI is InChI=1S/C23H34N4O9/c1-13(28)25-20-17(26-27-24)10-18(23(31)32-4)36-22(20)21(34-11-16-8-6-5-7-9-16)19(35-15(3)30)12-33-14(2)29/h10,16-17,19-22H,5-9,11-12H2,1-4H3,(H,25,28)/t17-,19+,20+,21+,22+/m0/s1. The van der Waals surface area contributed by atoms with Gasteiger partial charge in [-0.1, -0.05) is 24.4 Å². The number of methoxy groups -OCH3 is 1. The van der Waals surface area contributed by atoms with Crippen molar-refractivity contribution in [2.24, 2.45) is 11.0 Å². The molecular weight excluding hydrogens is 476 g/mol. The molecule has 1 heterocycles. The first-order chi connectivity index (χ1) is 17.2. The Bertz CT molecular complexity index is 881. The highest BCUT2D eigenvalue weighted by molar-refractivity contribution is 5.86. The summed E-state index contributed by atoms with van der Waals surface area (Å²) in [6.07, 6.45) is 2.95. The molecule has 0 unspecified atom stereocenters. The third kappa shape index (κ3) is 8.72. The molecule has 1 N–H and O–H groups in total. The van der Waals surface area contributed by atoms with Gasteiger partial charge in [0.1, 0.15) is 18.8 Å². The van der Waals surface area contributed by atoms with Crippen LogP contribution in [0.4, 0.5) is 0 Å². The molecule has 1 amide bonds. The molecule has 0 spiro atoms. The number of ether oxygens (including phenoxy) is 5. The topological polar surface area (TPSA) is 175 Å². The van der Waals surface area contributed by atoms with Crippen LogP contribution >= 0.6 is 0 Å². The number of nitrogens with one attached hydrogen (secondary N) is 1. The predicted molar refractivity (Wildman–Crippen MR) is 124 cm³/mol. The van der Waals surface area contributed by atoms with E-state index in [-0.39, 0.29) is 24.9 Å². The molecule has 13 nitrogen and oxygen atoms in total. The third-order valence-electron chi connectivity index (χ3n) is 5.96. The van der Waals surface area contributed by atoms with Crippen LogP contribution in [0, 0.1) is 5.92 Å². The molecule has 200 valence electrons. The normalized spacial score (nSPS) is 23.6. The maximum Gasteiger partial charge on any atom is 0.372 e. The van der Waals surface area contributed by atoms with Gasteiger partial charge in [0.15, 0.2) is 6.10 Å². The number of nitrogens with zero attached hydrogens (tertiary/aromatic N) is 3. The maximum atomic E-state index is 12.3. The Morgan fingerprint density at radius 3 is 2.42 bits per heavy atom. The minimum atomic E-state index is -1.17. The zero-order valence-corrected chi connectivity index (χ0v) is 21.0. The molecule has 0 aromatic carbocycles. The zero-order valence-electron chi connectivity index (χ0n) is 21.0. The van der Waals surface area contributed by atoms with Crippen molar-refractivity contribution in [1.82, 2.24) is 5.32 Å². The Labute approximate surface area is 209 Å². The van der Waals surface area contributed by atoms with Gasteiger partial charge in [0, 0.05) is 25.7 Å². The van der Waals surface area contributed by atoms with E-state index in [1.165, 1.54) is 26.8 Å². The van der Waals surface area contributed by atoms with E-state index in [1.807, 2.05) is 0 Å². The number of carbonyl (C=O) groups is 4. The quantitative estimate of drug-likeness (QED) is 0.143. The second-order valence-corrected chi connectivity index (χ2v) is 8.78. The Balaban J connectivity index is 2.51. The summed E-state index contributed by atoms with van der Waals surface area (Å²) in [4.78, 5) is 50.7. The van der Waals surface area contributed by atoms with Crippen LogP contribution < -0.4 is 5.32 Å². The van der Waals surface area contributed by atoms with Gasteiger partial charge in [0.25, 0.3) is 0 Å². The molecule has 0 aromatic heterocycles. The molecular formula is C23H34N4O9. The molecule has 36 heavy (non-hydrogen) atoms. The van der Waals surface area contributed by atoms with E-state index in [0.29, 0.717) is 0 Å². The molecule has 0 saturated heterocycles. The molecule has 13 heteroatoms. The van der Waals surface area contributed by atoms with E-state index in [9.17, 15) is 19.2 Å². The Morgan fingerprint density at radius 1 is 1.17 bits per heavy atom. The minimum Gasteiger partial charge on any atom is -0.478 e. The Morgan fingerprint density at radius 2 is 1.86 bits per heavy atom. The number of hydrogen-bond acceptors (Lipinski definition) is 10. The largest absolute Gasteiger partial charge is 0.478 e. The SMILES string of the molecule is COC(=O)C1=C[C@H](N=[N+]=[N-])[C@@H](NC(C)=O)[C@H]([C@H](OCC2CCCCC2)[C@@H](COC(C)=O)OC(C)=O)O1. The lowest BCUT2D eigenvalue weighted by atomic mass is 9.89. The van der Waals surface area contributed by atoms with Crippen molar-refractivity contribution in [3.8, 4) is 0 Å². The van der Waals surface area contributed by atoms with Crippen molar-refractivity contribution in [1.29, 1.82) is 0 Å². The Hall–Kier alpha value is -3.31. The minimum absolute atomic E-state index is 0.235. The van der Waals surface area contributed by atoms with Crippen LogP contribution in [0.25, 0.3) is 10.4 Å². The average Bonchev–Trinajstić information content (AvgIpc) is 2.83. The maximum absolute atomic E-state index is 12.3. The number of rotatable bonds is 11. The first-order valence-corrected chi connectivity index (χ1v) is 11.9. The molecule has 5 atom stereocenters. The fourth-order valence-electron chi connectivity index (χ4n) is 4.39. The highest BCUT2D eigenvalue weighted by atomic mass is 16.6. The summed E-state index contributed by atoms with van der Waals surface area (Å²) >= 11 is 0. The van der Waals surface area contributed by atoms with Gasteiger partial charge in [-0.15, -0.1) is 0 Å². The van der Waals surface area contributed by atoms with Gasteiger partial charge in [-0.3, -0.25) is 14.4 Å². The summed E-state index contributed by atoms with van der Waals surface area (Å²) < 4.78 is 27.5.